The van der Waals surface area contributed by atoms with Crippen LogP contribution in [0.25, 0.3) is 5.69 Å². The molecule has 0 spiro atoms. The Bertz CT molecular complexity index is 1080. The minimum absolute atomic E-state index is 0.136. The molecule has 0 bridgehead atoms. The van der Waals surface area contributed by atoms with Crippen LogP contribution < -0.4 is 11.2 Å². The molecule has 0 amide bonds. The predicted molar refractivity (Wildman–Crippen MR) is 97.8 cm³/mol. The summed E-state index contributed by atoms with van der Waals surface area (Å²) >= 11 is 6.09. The van der Waals surface area contributed by atoms with Gasteiger partial charge in [-0.1, -0.05) is 41.9 Å². The highest BCUT2D eigenvalue weighted by Crippen LogP contribution is 2.23. The zero-order valence-electron chi connectivity index (χ0n) is 13.2. The third-order valence-corrected chi connectivity index (χ3v) is 3.98. The first-order valence-electron chi connectivity index (χ1n) is 7.42. The lowest BCUT2D eigenvalue weighted by Crippen LogP contribution is -2.31. The van der Waals surface area contributed by atoms with E-state index in [1.165, 1.54) is 6.21 Å². The van der Waals surface area contributed by atoms with E-state index < -0.39 is 17.1 Å². The van der Waals surface area contributed by atoms with E-state index >= 15 is 0 Å². The summed E-state index contributed by atoms with van der Waals surface area (Å²) in [5.74, 6) is -0.529. The van der Waals surface area contributed by atoms with Crippen molar-refractivity contribution >= 4 is 23.5 Å². The van der Waals surface area contributed by atoms with Crippen LogP contribution in [0.1, 0.15) is 11.1 Å². The van der Waals surface area contributed by atoms with E-state index in [0.717, 1.165) is 10.1 Å². The van der Waals surface area contributed by atoms with Gasteiger partial charge >= 0.3 is 5.69 Å². The molecule has 7 heteroatoms. The van der Waals surface area contributed by atoms with E-state index in [9.17, 15) is 14.7 Å². The molecule has 0 unspecified atom stereocenters. The molecule has 0 atom stereocenters. The molecule has 1 aromatic heterocycles. The van der Waals surface area contributed by atoms with Crippen molar-refractivity contribution in [3.05, 3.63) is 85.5 Å². The van der Waals surface area contributed by atoms with Gasteiger partial charge in [0, 0.05) is 6.21 Å². The molecule has 0 saturated carbocycles. The minimum atomic E-state index is -0.788. The molecule has 6 nitrogen and oxygen atoms in total. The largest absolute Gasteiger partial charge is 0.493 e. The molecule has 25 heavy (non-hydrogen) atoms. The van der Waals surface area contributed by atoms with Crippen LogP contribution in [-0.2, 0) is 0 Å². The van der Waals surface area contributed by atoms with Crippen molar-refractivity contribution in [1.29, 1.82) is 0 Å². The van der Waals surface area contributed by atoms with Crippen molar-refractivity contribution in [1.82, 2.24) is 9.55 Å². The van der Waals surface area contributed by atoms with Crippen LogP contribution in [0, 0.1) is 6.92 Å². The normalized spacial score (nSPS) is 11.1. The summed E-state index contributed by atoms with van der Waals surface area (Å²) in [7, 11) is 0. The number of aliphatic imine (C=N–C) groups is 1. The molecule has 0 aliphatic carbocycles. The lowest BCUT2D eigenvalue weighted by molar-refractivity contribution is 0.430. The fourth-order valence-electron chi connectivity index (χ4n) is 2.35. The van der Waals surface area contributed by atoms with Crippen LogP contribution in [0.3, 0.4) is 0 Å². The fraction of sp³-hybridized carbons (Fsp3) is 0.0556. The van der Waals surface area contributed by atoms with E-state index in [1.54, 1.807) is 30.3 Å². The topological polar surface area (TPSA) is 87.4 Å². The van der Waals surface area contributed by atoms with Crippen LogP contribution in [0.4, 0.5) is 5.69 Å². The standard InChI is InChI=1S/C18H14ClN3O3/c1-11-6-2-4-8-14(11)20-10-12-16(23)21-18(25)22(17(12)24)15-9-5-3-7-13(15)19/h2-10,24H,1H3,(H,21,23,25). The van der Waals surface area contributed by atoms with Gasteiger partial charge in [-0.05, 0) is 30.7 Å². The molecule has 0 aliphatic rings. The van der Waals surface area contributed by atoms with Gasteiger partial charge in [0.15, 0.2) is 0 Å². The Morgan fingerprint density at radius 2 is 1.80 bits per heavy atom. The number of aromatic hydroxyl groups is 1. The van der Waals surface area contributed by atoms with Crippen LogP contribution >= 0.6 is 11.6 Å². The van der Waals surface area contributed by atoms with Crippen molar-refractivity contribution in [2.24, 2.45) is 4.99 Å². The molecule has 0 fully saturated rings. The number of hydrogen-bond acceptors (Lipinski definition) is 4. The third kappa shape index (κ3) is 3.25. The first-order valence-corrected chi connectivity index (χ1v) is 7.79. The lowest BCUT2D eigenvalue weighted by Gasteiger charge is -2.10. The van der Waals surface area contributed by atoms with Crippen molar-refractivity contribution in [2.75, 3.05) is 0 Å². The van der Waals surface area contributed by atoms with Crippen molar-refractivity contribution in [2.45, 2.75) is 6.92 Å². The van der Waals surface area contributed by atoms with E-state index in [2.05, 4.69) is 9.98 Å². The average Bonchev–Trinajstić information content (AvgIpc) is 2.57. The highest BCUT2D eigenvalue weighted by molar-refractivity contribution is 6.32. The van der Waals surface area contributed by atoms with Crippen molar-refractivity contribution in [3.8, 4) is 11.6 Å². The van der Waals surface area contributed by atoms with E-state index in [0.29, 0.717) is 5.69 Å². The van der Waals surface area contributed by atoms with Crippen LogP contribution in [0.15, 0.2) is 63.1 Å². The molecule has 3 aromatic rings. The summed E-state index contributed by atoms with van der Waals surface area (Å²) in [5.41, 5.74) is 0.161. The predicted octanol–water partition coefficient (Wildman–Crippen LogP) is 2.94. The Morgan fingerprint density at radius 3 is 2.52 bits per heavy atom. The summed E-state index contributed by atoms with van der Waals surface area (Å²) in [5, 5.41) is 10.7. The highest BCUT2D eigenvalue weighted by Gasteiger charge is 2.15. The number of halogens is 1. The fourth-order valence-corrected chi connectivity index (χ4v) is 2.57. The van der Waals surface area contributed by atoms with Gasteiger partial charge in [-0.2, -0.15) is 0 Å². The van der Waals surface area contributed by atoms with Crippen LogP contribution in [-0.4, -0.2) is 20.9 Å². The molecular formula is C18H14ClN3O3. The van der Waals surface area contributed by atoms with E-state index in [-0.39, 0.29) is 16.3 Å². The number of H-pyrrole nitrogens is 1. The van der Waals surface area contributed by atoms with Crippen molar-refractivity contribution < 1.29 is 5.11 Å². The second-order valence-corrected chi connectivity index (χ2v) is 5.74. The third-order valence-electron chi connectivity index (χ3n) is 3.66. The molecule has 0 radical (unpaired) electrons. The highest BCUT2D eigenvalue weighted by atomic mass is 35.5. The molecule has 126 valence electrons. The molecule has 2 N–H and O–H groups in total. The number of rotatable bonds is 3. The first kappa shape index (κ1) is 16.7. The Balaban J connectivity index is 2.18. The molecular weight excluding hydrogens is 342 g/mol. The van der Waals surface area contributed by atoms with Gasteiger partial charge in [0.25, 0.3) is 5.56 Å². The smallest absolute Gasteiger partial charge is 0.335 e. The SMILES string of the molecule is Cc1ccccc1N=Cc1c(O)n(-c2ccccc2Cl)c(=O)[nH]c1=O. The molecule has 0 aliphatic heterocycles. The van der Waals surface area contributed by atoms with Gasteiger partial charge in [-0.15, -0.1) is 0 Å². The summed E-state index contributed by atoms with van der Waals surface area (Å²) in [6.45, 7) is 1.88. The summed E-state index contributed by atoms with van der Waals surface area (Å²) < 4.78 is 0.933. The van der Waals surface area contributed by atoms with Crippen LogP contribution in [0.2, 0.25) is 5.02 Å². The molecule has 1 heterocycles. The zero-order chi connectivity index (χ0) is 18.0. The number of nitrogens with one attached hydrogen (secondary N) is 1. The zero-order valence-corrected chi connectivity index (χ0v) is 14.0. The number of benzene rings is 2. The summed E-state index contributed by atoms with van der Waals surface area (Å²) in [6.07, 6.45) is 1.23. The average molecular weight is 356 g/mol. The van der Waals surface area contributed by atoms with Gasteiger partial charge in [-0.25, -0.2) is 9.36 Å². The number of hydrogen-bond donors (Lipinski definition) is 2. The Hall–Kier alpha value is -3.12. The summed E-state index contributed by atoms with van der Waals surface area (Å²) in [6, 6.07) is 13.8. The van der Waals surface area contributed by atoms with Gasteiger partial charge in [0.05, 0.1) is 16.4 Å². The van der Waals surface area contributed by atoms with Gasteiger partial charge in [-0.3, -0.25) is 14.8 Å². The number of nitrogens with zero attached hydrogens (tertiary/aromatic N) is 2. The van der Waals surface area contributed by atoms with E-state index in [4.69, 9.17) is 11.6 Å². The summed E-state index contributed by atoms with van der Waals surface area (Å²) in [4.78, 5) is 30.6. The number of para-hydroxylation sites is 2. The Labute approximate surface area is 147 Å². The lowest BCUT2D eigenvalue weighted by atomic mass is 10.2. The molecule has 2 aromatic carbocycles. The maximum absolute atomic E-state index is 12.1. The second-order valence-electron chi connectivity index (χ2n) is 5.33. The van der Waals surface area contributed by atoms with Gasteiger partial charge < -0.3 is 5.11 Å². The Morgan fingerprint density at radius 1 is 1.12 bits per heavy atom. The number of aromatic amines is 1. The van der Waals surface area contributed by atoms with Crippen molar-refractivity contribution in [3.63, 3.8) is 0 Å². The van der Waals surface area contributed by atoms with Gasteiger partial charge in [0.2, 0.25) is 5.88 Å². The first-order chi connectivity index (χ1) is 12.0. The quantitative estimate of drug-likeness (QED) is 0.708. The molecule has 0 saturated heterocycles. The molecule has 3 rings (SSSR count). The number of aryl methyl sites for hydroxylation is 1. The number of aromatic nitrogens is 2. The maximum atomic E-state index is 12.1. The maximum Gasteiger partial charge on any atom is 0.335 e. The van der Waals surface area contributed by atoms with E-state index in [1.807, 2.05) is 25.1 Å². The monoisotopic (exact) mass is 355 g/mol. The second kappa shape index (κ2) is 6.78. The van der Waals surface area contributed by atoms with Crippen LogP contribution in [0.5, 0.6) is 5.88 Å². The Kier molecular flexibility index (Phi) is 4.54. The van der Waals surface area contributed by atoms with Gasteiger partial charge in [0.1, 0.15) is 5.56 Å². The minimum Gasteiger partial charge on any atom is -0.493 e.